The molecule has 1 aromatic carbocycles. The molecule has 0 saturated heterocycles. The van der Waals surface area contributed by atoms with E-state index in [2.05, 4.69) is 31.4 Å². The molecule has 0 bridgehead atoms. The first-order valence-corrected chi connectivity index (χ1v) is 8.50. The molecule has 1 N–H and O–H groups in total. The number of carbonyl (C=O) groups is 1. The second kappa shape index (κ2) is 7.18. The molecule has 0 aliphatic rings. The zero-order valence-corrected chi connectivity index (χ0v) is 15.4. The molecule has 2 aromatic heterocycles. The Morgan fingerprint density at radius 3 is 2.88 bits per heavy atom. The SMILES string of the molecule is Cc1nn(C(C)C(=O)Nc2cnn(Cc3cccc(F)c3)c2)cc1Br. The van der Waals surface area contributed by atoms with Gasteiger partial charge in [0.15, 0.2) is 0 Å². The van der Waals surface area contributed by atoms with Crippen LogP contribution in [0.1, 0.15) is 24.2 Å². The summed E-state index contributed by atoms with van der Waals surface area (Å²) in [6.07, 6.45) is 5.04. The zero-order valence-electron chi connectivity index (χ0n) is 13.8. The molecule has 0 radical (unpaired) electrons. The van der Waals surface area contributed by atoms with Gasteiger partial charge in [-0.05, 0) is 47.5 Å². The van der Waals surface area contributed by atoms with Crippen LogP contribution in [0.5, 0.6) is 0 Å². The fraction of sp³-hybridized carbons (Fsp3) is 0.235. The molecule has 0 aliphatic carbocycles. The maximum Gasteiger partial charge on any atom is 0.249 e. The average molecular weight is 406 g/mol. The summed E-state index contributed by atoms with van der Waals surface area (Å²) in [7, 11) is 0. The average Bonchev–Trinajstić information content (AvgIpc) is 3.13. The molecule has 0 saturated carbocycles. The molecular weight excluding hydrogens is 389 g/mol. The summed E-state index contributed by atoms with van der Waals surface area (Å²) in [5.74, 6) is -0.479. The largest absolute Gasteiger partial charge is 0.322 e. The maximum atomic E-state index is 13.2. The summed E-state index contributed by atoms with van der Waals surface area (Å²) in [6, 6.07) is 5.87. The van der Waals surface area contributed by atoms with Gasteiger partial charge in [0.05, 0.1) is 28.6 Å². The number of benzene rings is 1. The van der Waals surface area contributed by atoms with Crippen molar-refractivity contribution in [2.24, 2.45) is 0 Å². The van der Waals surface area contributed by atoms with Gasteiger partial charge in [0, 0.05) is 12.4 Å². The topological polar surface area (TPSA) is 64.7 Å². The van der Waals surface area contributed by atoms with E-state index in [9.17, 15) is 9.18 Å². The number of hydrogen-bond donors (Lipinski definition) is 1. The van der Waals surface area contributed by atoms with Crippen LogP contribution in [0.15, 0.2) is 47.3 Å². The summed E-state index contributed by atoms with van der Waals surface area (Å²) in [4.78, 5) is 12.4. The normalized spacial score (nSPS) is 12.2. The highest BCUT2D eigenvalue weighted by atomic mass is 79.9. The van der Waals surface area contributed by atoms with Crippen LogP contribution in [0.25, 0.3) is 0 Å². The summed E-state index contributed by atoms with van der Waals surface area (Å²) in [6.45, 7) is 4.06. The van der Waals surface area contributed by atoms with E-state index in [0.717, 1.165) is 15.7 Å². The van der Waals surface area contributed by atoms with E-state index in [1.807, 2.05) is 13.0 Å². The maximum absolute atomic E-state index is 13.2. The van der Waals surface area contributed by atoms with Gasteiger partial charge in [0.25, 0.3) is 0 Å². The van der Waals surface area contributed by atoms with Crippen molar-refractivity contribution < 1.29 is 9.18 Å². The number of carbonyl (C=O) groups excluding carboxylic acids is 1. The van der Waals surface area contributed by atoms with Crippen molar-refractivity contribution in [1.29, 1.82) is 0 Å². The number of rotatable bonds is 5. The van der Waals surface area contributed by atoms with Gasteiger partial charge in [-0.1, -0.05) is 12.1 Å². The molecule has 6 nitrogen and oxygen atoms in total. The van der Waals surface area contributed by atoms with E-state index in [-0.39, 0.29) is 11.7 Å². The van der Waals surface area contributed by atoms with Crippen molar-refractivity contribution in [2.75, 3.05) is 5.32 Å². The van der Waals surface area contributed by atoms with Crippen molar-refractivity contribution in [2.45, 2.75) is 26.4 Å². The van der Waals surface area contributed by atoms with Gasteiger partial charge in [-0.3, -0.25) is 14.2 Å². The van der Waals surface area contributed by atoms with Gasteiger partial charge >= 0.3 is 0 Å². The van der Waals surface area contributed by atoms with E-state index in [4.69, 9.17) is 0 Å². The van der Waals surface area contributed by atoms with Crippen molar-refractivity contribution in [3.8, 4) is 0 Å². The van der Waals surface area contributed by atoms with Crippen LogP contribution in [0, 0.1) is 12.7 Å². The Morgan fingerprint density at radius 2 is 2.20 bits per heavy atom. The van der Waals surface area contributed by atoms with E-state index in [1.54, 1.807) is 40.9 Å². The number of aryl methyl sites for hydroxylation is 1. The summed E-state index contributed by atoms with van der Waals surface area (Å²) in [5.41, 5.74) is 2.20. The predicted molar refractivity (Wildman–Crippen MR) is 95.7 cm³/mol. The third kappa shape index (κ3) is 4.14. The van der Waals surface area contributed by atoms with Crippen LogP contribution < -0.4 is 5.32 Å². The molecule has 0 aliphatic heterocycles. The van der Waals surface area contributed by atoms with Crippen LogP contribution in [-0.2, 0) is 11.3 Å². The molecule has 3 aromatic rings. The molecule has 1 unspecified atom stereocenters. The van der Waals surface area contributed by atoms with Crippen LogP contribution in [0.3, 0.4) is 0 Å². The van der Waals surface area contributed by atoms with Crippen molar-refractivity contribution in [3.05, 3.63) is 64.4 Å². The number of hydrogen-bond acceptors (Lipinski definition) is 3. The standard InChI is InChI=1S/C17H17BrFN5O/c1-11-16(18)10-24(22-11)12(2)17(25)21-15-7-20-23(9-15)8-13-4-3-5-14(19)6-13/h3-7,9-10,12H,8H2,1-2H3,(H,21,25). The third-order valence-corrected chi connectivity index (χ3v) is 4.55. The Kier molecular flexibility index (Phi) is 4.98. The van der Waals surface area contributed by atoms with Crippen LogP contribution in [0.2, 0.25) is 0 Å². The molecule has 8 heteroatoms. The minimum absolute atomic E-state index is 0.194. The fourth-order valence-corrected chi connectivity index (χ4v) is 2.65. The molecule has 1 atom stereocenters. The predicted octanol–water partition coefficient (Wildman–Crippen LogP) is 3.54. The lowest BCUT2D eigenvalue weighted by Gasteiger charge is -2.11. The van der Waals surface area contributed by atoms with Gasteiger partial charge in [0.2, 0.25) is 5.91 Å². The molecule has 3 rings (SSSR count). The Bertz CT molecular complexity index is 885. The number of aromatic nitrogens is 4. The quantitative estimate of drug-likeness (QED) is 0.705. The zero-order chi connectivity index (χ0) is 18.0. The highest BCUT2D eigenvalue weighted by Gasteiger charge is 2.17. The minimum Gasteiger partial charge on any atom is -0.322 e. The van der Waals surface area contributed by atoms with Crippen LogP contribution >= 0.6 is 15.9 Å². The van der Waals surface area contributed by atoms with Gasteiger partial charge in [-0.2, -0.15) is 10.2 Å². The second-order valence-corrected chi connectivity index (χ2v) is 6.62. The highest BCUT2D eigenvalue weighted by molar-refractivity contribution is 9.10. The van der Waals surface area contributed by atoms with Crippen LogP contribution in [0.4, 0.5) is 10.1 Å². The number of halogens is 2. The first kappa shape index (κ1) is 17.3. The smallest absolute Gasteiger partial charge is 0.249 e. The van der Waals surface area contributed by atoms with E-state index < -0.39 is 6.04 Å². The lowest BCUT2D eigenvalue weighted by Crippen LogP contribution is -2.23. The van der Waals surface area contributed by atoms with Crippen molar-refractivity contribution >= 4 is 27.5 Å². The number of nitrogens with one attached hydrogen (secondary N) is 1. The summed E-state index contributed by atoms with van der Waals surface area (Å²) >= 11 is 3.39. The van der Waals surface area contributed by atoms with E-state index >= 15 is 0 Å². The molecule has 0 fully saturated rings. The first-order valence-electron chi connectivity index (χ1n) is 7.71. The Labute approximate surface area is 152 Å². The molecule has 0 spiro atoms. The third-order valence-electron chi connectivity index (χ3n) is 3.77. The summed E-state index contributed by atoms with van der Waals surface area (Å²) in [5, 5.41) is 11.3. The van der Waals surface area contributed by atoms with E-state index in [0.29, 0.717) is 12.2 Å². The molecular formula is C17H17BrFN5O. The highest BCUT2D eigenvalue weighted by Crippen LogP contribution is 2.18. The monoisotopic (exact) mass is 405 g/mol. The van der Waals surface area contributed by atoms with Gasteiger partial charge in [-0.25, -0.2) is 4.39 Å². The van der Waals surface area contributed by atoms with Crippen molar-refractivity contribution in [1.82, 2.24) is 19.6 Å². The molecule has 25 heavy (non-hydrogen) atoms. The number of nitrogens with zero attached hydrogens (tertiary/aromatic N) is 4. The van der Waals surface area contributed by atoms with Gasteiger partial charge in [0.1, 0.15) is 11.9 Å². The summed E-state index contributed by atoms with van der Waals surface area (Å²) < 4.78 is 17.3. The van der Waals surface area contributed by atoms with Gasteiger partial charge < -0.3 is 5.32 Å². The fourth-order valence-electron chi connectivity index (χ4n) is 2.36. The Morgan fingerprint density at radius 1 is 1.40 bits per heavy atom. The number of anilines is 1. The lowest BCUT2D eigenvalue weighted by molar-refractivity contribution is -0.119. The Hall–Kier alpha value is -2.48. The molecule has 1 amide bonds. The van der Waals surface area contributed by atoms with Gasteiger partial charge in [-0.15, -0.1) is 0 Å². The minimum atomic E-state index is -0.462. The van der Waals surface area contributed by atoms with Crippen molar-refractivity contribution in [3.63, 3.8) is 0 Å². The first-order chi connectivity index (χ1) is 11.9. The lowest BCUT2D eigenvalue weighted by atomic mass is 10.2. The number of amides is 1. The second-order valence-electron chi connectivity index (χ2n) is 5.76. The van der Waals surface area contributed by atoms with E-state index in [1.165, 1.54) is 12.1 Å². The molecule has 130 valence electrons. The molecule has 2 heterocycles. The van der Waals surface area contributed by atoms with Crippen LogP contribution in [-0.4, -0.2) is 25.5 Å². The Balaban J connectivity index is 1.65.